The Kier molecular flexibility index (Phi) is 6.67. The van der Waals surface area contributed by atoms with Crippen LogP contribution in [0.5, 0.6) is 0 Å². The van der Waals surface area contributed by atoms with E-state index in [-0.39, 0.29) is 5.91 Å². The van der Waals surface area contributed by atoms with Gasteiger partial charge in [0.05, 0.1) is 37.3 Å². The van der Waals surface area contributed by atoms with Crippen LogP contribution in [0.3, 0.4) is 0 Å². The van der Waals surface area contributed by atoms with Gasteiger partial charge in [0, 0.05) is 24.7 Å². The first kappa shape index (κ1) is 21.4. The summed E-state index contributed by atoms with van der Waals surface area (Å²) in [6, 6.07) is 18.5. The van der Waals surface area contributed by atoms with E-state index in [0.717, 1.165) is 17.0 Å². The molecule has 4 rings (SSSR count). The number of morpholine rings is 1. The predicted molar refractivity (Wildman–Crippen MR) is 123 cm³/mol. The maximum atomic E-state index is 12.6. The summed E-state index contributed by atoms with van der Waals surface area (Å²) >= 11 is 0. The Morgan fingerprint density at radius 1 is 1.03 bits per heavy atom. The third-order valence-corrected chi connectivity index (χ3v) is 5.11. The largest absolute Gasteiger partial charge is 0.465 e. The standard InChI is InChI=1S/C25H24N2O5/c1-30-25(29)19-7-10-22(27-13-15-31-16-14-27)21(17-19)26-24(28)12-9-20-8-11-23(32-20)18-5-3-2-4-6-18/h2-12,17H,13-16H2,1H3,(H,26,28)/b12-9+. The van der Waals surface area contributed by atoms with Crippen molar-refractivity contribution in [2.24, 2.45) is 0 Å². The summed E-state index contributed by atoms with van der Waals surface area (Å²) in [5, 5.41) is 2.88. The Bertz CT molecular complexity index is 1110. The molecule has 0 atom stereocenters. The molecule has 0 bridgehead atoms. The van der Waals surface area contributed by atoms with Crippen molar-refractivity contribution >= 4 is 29.3 Å². The SMILES string of the molecule is COC(=O)c1ccc(N2CCOCC2)c(NC(=O)/C=C/c2ccc(-c3ccccc3)o2)c1. The molecule has 2 aromatic carbocycles. The molecule has 32 heavy (non-hydrogen) atoms. The van der Waals surface area contributed by atoms with Gasteiger partial charge in [0.15, 0.2) is 0 Å². The van der Waals surface area contributed by atoms with Crippen molar-refractivity contribution in [3.05, 3.63) is 78.1 Å². The molecule has 7 heteroatoms. The van der Waals surface area contributed by atoms with Gasteiger partial charge >= 0.3 is 5.97 Å². The lowest BCUT2D eigenvalue weighted by atomic mass is 10.1. The zero-order valence-electron chi connectivity index (χ0n) is 17.7. The van der Waals surface area contributed by atoms with E-state index in [9.17, 15) is 9.59 Å². The highest BCUT2D eigenvalue weighted by Gasteiger charge is 2.18. The molecular formula is C25H24N2O5. The van der Waals surface area contributed by atoms with E-state index in [1.807, 2.05) is 48.5 Å². The quantitative estimate of drug-likeness (QED) is 0.464. The van der Waals surface area contributed by atoms with Crippen molar-refractivity contribution in [3.63, 3.8) is 0 Å². The minimum absolute atomic E-state index is 0.334. The highest BCUT2D eigenvalue weighted by molar-refractivity contribution is 6.04. The topological polar surface area (TPSA) is 81.0 Å². The van der Waals surface area contributed by atoms with Crippen molar-refractivity contribution in [1.29, 1.82) is 0 Å². The molecule has 1 fully saturated rings. The van der Waals surface area contributed by atoms with E-state index in [1.165, 1.54) is 13.2 Å². The van der Waals surface area contributed by atoms with E-state index in [0.29, 0.717) is 43.3 Å². The van der Waals surface area contributed by atoms with E-state index < -0.39 is 5.97 Å². The van der Waals surface area contributed by atoms with E-state index in [4.69, 9.17) is 13.9 Å². The highest BCUT2D eigenvalue weighted by Crippen LogP contribution is 2.29. The zero-order chi connectivity index (χ0) is 22.3. The van der Waals surface area contributed by atoms with E-state index in [2.05, 4.69) is 10.2 Å². The molecule has 2 heterocycles. The molecule has 0 aliphatic carbocycles. The van der Waals surface area contributed by atoms with Crippen molar-refractivity contribution in [2.45, 2.75) is 0 Å². The molecule has 1 aliphatic rings. The van der Waals surface area contributed by atoms with Crippen molar-refractivity contribution < 1.29 is 23.5 Å². The first-order chi connectivity index (χ1) is 15.6. The summed E-state index contributed by atoms with van der Waals surface area (Å²) in [4.78, 5) is 26.7. The van der Waals surface area contributed by atoms with Crippen molar-refractivity contribution in [2.75, 3.05) is 43.6 Å². The molecule has 7 nitrogen and oxygen atoms in total. The average molecular weight is 432 g/mol. The van der Waals surface area contributed by atoms with Crippen LogP contribution in [-0.4, -0.2) is 45.3 Å². The summed E-state index contributed by atoms with van der Waals surface area (Å²) in [6.07, 6.45) is 3.02. The van der Waals surface area contributed by atoms with Crippen LogP contribution in [0.15, 0.2) is 71.2 Å². The maximum Gasteiger partial charge on any atom is 0.337 e. The minimum atomic E-state index is -0.464. The molecular weight excluding hydrogens is 408 g/mol. The van der Waals surface area contributed by atoms with Gasteiger partial charge in [0.25, 0.3) is 0 Å². The van der Waals surface area contributed by atoms with Crippen LogP contribution in [0, 0.1) is 0 Å². The Morgan fingerprint density at radius 3 is 2.56 bits per heavy atom. The summed E-state index contributed by atoms with van der Waals surface area (Å²) in [5.74, 6) is 0.495. The fraction of sp³-hybridized carbons (Fsp3) is 0.200. The number of hydrogen-bond donors (Lipinski definition) is 1. The molecule has 1 aromatic heterocycles. The summed E-state index contributed by atoms with van der Waals surface area (Å²) in [7, 11) is 1.33. The molecule has 164 valence electrons. The van der Waals surface area contributed by atoms with Gasteiger partial charge in [0.2, 0.25) is 5.91 Å². The molecule has 1 aliphatic heterocycles. The number of carbonyl (C=O) groups is 2. The number of esters is 1. The number of benzene rings is 2. The van der Waals surface area contributed by atoms with Gasteiger partial charge in [-0.05, 0) is 36.4 Å². The number of rotatable bonds is 6. The molecule has 0 radical (unpaired) electrons. The van der Waals surface area contributed by atoms with Crippen molar-refractivity contribution in [3.8, 4) is 11.3 Å². The van der Waals surface area contributed by atoms with Gasteiger partial charge in [-0.2, -0.15) is 0 Å². The lowest BCUT2D eigenvalue weighted by Gasteiger charge is -2.30. The fourth-order valence-corrected chi connectivity index (χ4v) is 3.49. The normalized spacial score (nSPS) is 13.8. The number of carbonyl (C=O) groups excluding carboxylic acids is 2. The van der Waals surface area contributed by atoms with Gasteiger partial charge in [0.1, 0.15) is 11.5 Å². The second-order valence-corrected chi connectivity index (χ2v) is 7.21. The van der Waals surface area contributed by atoms with Crippen LogP contribution in [-0.2, 0) is 14.3 Å². The third kappa shape index (κ3) is 5.07. The van der Waals surface area contributed by atoms with E-state index >= 15 is 0 Å². The maximum absolute atomic E-state index is 12.6. The number of ether oxygens (including phenoxy) is 2. The minimum Gasteiger partial charge on any atom is -0.465 e. The number of furan rings is 1. The second kappa shape index (κ2) is 9.98. The van der Waals surface area contributed by atoms with Gasteiger partial charge in [-0.1, -0.05) is 30.3 Å². The fourth-order valence-electron chi connectivity index (χ4n) is 3.49. The zero-order valence-corrected chi connectivity index (χ0v) is 17.7. The Morgan fingerprint density at radius 2 is 1.81 bits per heavy atom. The van der Waals surface area contributed by atoms with Crippen LogP contribution in [0.4, 0.5) is 11.4 Å². The van der Waals surface area contributed by atoms with Crippen LogP contribution in [0.1, 0.15) is 16.1 Å². The van der Waals surface area contributed by atoms with Crippen LogP contribution in [0.2, 0.25) is 0 Å². The lowest BCUT2D eigenvalue weighted by Crippen LogP contribution is -2.36. The summed E-state index contributed by atoms with van der Waals surface area (Å²) < 4.78 is 16.0. The van der Waals surface area contributed by atoms with Crippen molar-refractivity contribution in [1.82, 2.24) is 0 Å². The van der Waals surface area contributed by atoms with Crippen LogP contribution in [0.25, 0.3) is 17.4 Å². The highest BCUT2D eigenvalue weighted by atomic mass is 16.5. The Hall–Kier alpha value is -3.84. The second-order valence-electron chi connectivity index (χ2n) is 7.21. The van der Waals surface area contributed by atoms with Gasteiger partial charge in [-0.25, -0.2) is 4.79 Å². The van der Waals surface area contributed by atoms with Gasteiger partial charge < -0.3 is 24.1 Å². The van der Waals surface area contributed by atoms with Gasteiger partial charge in [-0.3, -0.25) is 4.79 Å². The lowest BCUT2D eigenvalue weighted by molar-refractivity contribution is -0.111. The summed E-state index contributed by atoms with van der Waals surface area (Å²) in [5.41, 5.74) is 2.69. The number of anilines is 2. The average Bonchev–Trinajstić information content (AvgIpc) is 3.32. The smallest absolute Gasteiger partial charge is 0.337 e. The molecule has 0 saturated carbocycles. The molecule has 0 unspecified atom stereocenters. The third-order valence-electron chi connectivity index (χ3n) is 5.11. The number of amides is 1. The van der Waals surface area contributed by atoms with E-state index in [1.54, 1.807) is 18.2 Å². The number of methoxy groups -OCH3 is 1. The van der Waals surface area contributed by atoms with Crippen LogP contribution < -0.4 is 10.2 Å². The first-order valence-electron chi connectivity index (χ1n) is 10.3. The number of hydrogen-bond acceptors (Lipinski definition) is 6. The molecule has 3 aromatic rings. The van der Waals surface area contributed by atoms with Gasteiger partial charge in [-0.15, -0.1) is 0 Å². The summed E-state index contributed by atoms with van der Waals surface area (Å²) in [6.45, 7) is 2.61. The van der Waals surface area contributed by atoms with Crippen LogP contribution >= 0.6 is 0 Å². The molecule has 0 spiro atoms. The Labute approximate surface area is 186 Å². The predicted octanol–water partition coefficient (Wildman–Crippen LogP) is 4.22. The molecule has 1 saturated heterocycles. The monoisotopic (exact) mass is 432 g/mol. The first-order valence-corrected chi connectivity index (χ1v) is 10.3. The molecule has 1 amide bonds. The number of nitrogens with zero attached hydrogens (tertiary/aromatic N) is 1. The molecule has 1 N–H and O–H groups in total. The Balaban J connectivity index is 1.51. The number of nitrogens with one attached hydrogen (secondary N) is 1.